The molecule has 1 aromatic heterocycles. The minimum atomic E-state index is -0.0797. The van der Waals surface area contributed by atoms with Gasteiger partial charge < -0.3 is 14.3 Å². The van der Waals surface area contributed by atoms with Gasteiger partial charge in [0.05, 0.1) is 19.8 Å². The van der Waals surface area contributed by atoms with Crippen molar-refractivity contribution >= 4 is 0 Å². The molecule has 1 N–H and O–H groups in total. The summed E-state index contributed by atoms with van der Waals surface area (Å²) < 4.78 is 11.7. The number of para-hydroxylation sites is 1. The number of hydrogen-bond acceptors (Lipinski definition) is 4. The molecule has 0 spiro atoms. The molecule has 0 radical (unpaired) electrons. The fourth-order valence-corrected chi connectivity index (χ4v) is 3.71. The fourth-order valence-electron chi connectivity index (χ4n) is 3.71. The summed E-state index contributed by atoms with van der Waals surface area (Å²) in [5.74, 6) is 2.91. The largest absolute Gasteiger partial charge is 0.494 e. The first-order valence-electron chi connectivity index (χ1n) is 9.17. The Morgan fingerprint density at radius 2 is 2.04 bits per heavy atom. The molecule has 0 bridgehead atoms. The summed E-state index contributed by atoms with van der Waals surface area (Å²) in [5, 5.41) is 10.1. The van der Waals surface area contributed by atoms with Gasteiger partial charge in [0.2, 0.25) is 0 Å². The highest BCUT2D eigenvalue weighted by molar-refractivity contribution is 5.21. The van der Waals surface area contributed by atoms with Crippen molar-refractivity contribution in [2.75, 3.05) is 26.3 Å². The van der Waals surface area contributed by atoms with Gasteiger partial charge in [-0.1, -0.05) is 18.2 Å². The Bertz CT molecular complexity index is 648. The Morgan fingerprint density at radius 3 is 2.72 bits per heavy atom. The van der Waals surface area contributed by atoms with Crippen LogP contribution >= 0.6 is 0 Å². The summed E-state index contributed by atoms with van der Waals surface area (Å²) in [4.78, 5) is 2.40. The number of furan rings is 1. The third-order valence-electron chi connectivity index (χ3n) is 5.32. The molecule has 0 saturated carbocycles. The number of ether oxygens (including phenoxy) is 1. The summed E-state index contributed by atoms with van der Waals surface area (Å²) >= 11 is 0. The lowest BCUT2D eigenvalue weighted by atomic mass is 9.78. The lowest BCUT2D eigenvalue weighted by Crippen LogP contribution is -2.45. The molecule has 136 valence electrons. The molecule has 4 heteroatoms. The second kappa shape index (κ2) is 8.07. The van der Waals surface area contributed by atoms with Crippen molar-refractivity contribution < 1.29 is 14.3 Å². The van der Waals surface area contributed by atoms with E-state index in [2.05, 4.69) is 17.9 Å². The van der Waals surface area contributed by atoms with Crippen molar-refractivity contribution in [3.8, 4) is 5.75 Å². The van der Waals surface area contributed by atoms with E-state index in [1.807, 2.05) is 37.3 Å². The Balaban J connectivity index is 1.56. The van der Waals surface area contributed by atoms with Gasteiger partial charge in [-0.05, 0) is 63.4 Å². The predicted octanol–water partition coefficient (Wildman–Crippen LogP) is 3.94. The average Bonchev–Trinajstić information content (AvgIpc) is 2.93. The van der Waals surface area contributed by atoms with E-state index >= 15 is 0 Å². The number of rotatable bonds is 7. The maximum atomic E-state index is 10.1. The summed E-state index contributed by atoms with van der Waals surface area (Å²) in [7, 11) is 0. The molecule has 3 rings (SSSR count). The van der Waals surface area contributed by atoms with Gasteiger partial charge in [0, 0.05) is 12.0 Å². The average molecular weight is 343 g/mol. The van der Waals surface area contributed by atoms with E-state index in [-0.39, 0.29) is 12.0 Å². The van der Waals surface area contributed by atoms with Gasteiger partial charge in [-0.25, -0.2) is 0 Å². The fraction of sp³-hybridized carbons (Fsp3) is 0.524. The zero-order chi connectivity index (χ0) is 17.7. The molecule has 2 heterocycles. The van der Waals surface area contributed by atoms with Crippen LogP contribution in [0.3, 0.4) is 0 Å². The van der Waals surface area contributed by atoms with E-state index in [1.54, 1.807) is 0 Å². The van der Waals surface area contributed by atoms with Crippen LogP contribution in [-0.2, 0) is 6.54 Å². The van der Waals surface area contributed by atoms with Gasteiger partial charge in [0.25, 0.3) is 0 Å². The molecule has 1 unspecified atom stereocenters. The highest BCUT2D eigenvalue weighted by Crippen LogP contribution is 2.34. The maximum Gasteiger partial charge on any atom is 0.119 e. The number of likely N-dealkylation sites (tertiary alicyclic amines) is 1. The standard InChI is InChI=1S/C21H29NO3/c1-17-13-20(25-18(17)2)14-22-11-6-9-21(15-22,16-23)10-12-24-19-7-4-3-5-8-19/h3-5,7-8,13,23H,6,9-12,14-16H2,1-2H3. The number of benzene rings is 1. The molecule has 25 heavy (non-hydrogen) atoms. The van der Waals surface area contributed by atoms with Crippen molar-refractivity contribution in [3.05, 3.63) is 53.5 Å². The van der Waals surface area contributed by atoms with E-state index in [9.17, 15) is 5.11 Å². The van der Waals surface area contributed by atoms with Gasteiger partial charge in [0.15, 0.2) is 0 Å². The smallest absolute Gasteiger partial charge is 0.119 e. The number of aliphatic hydroxyl groups is 1. The van der Waals surface area contributed by atoms with Crippen LogP contribution in [0.15, 0.2) is 40.8 Å². The van der Waals surface area contributed by atoms with Crippen LogP contribution in [0.2, 0.25) is 0 Å². The van der Waals surface area contributed by atoms with Gasteiger partial charge in [-0.15, -0.1) is 0 Å². The number of piperidine rings is 1. The zero-order valence-electron chi connectivity index (χ0n) is 15.3. The lowest BCUT2D eigenvalue weighted by Gasteiger charge is -2.41. The summed E-state index contributed by atoms with van der Waals surface area (Å²) in [6.07, 6.45) is 3.02. The van der Waals surface area contributed by atoms with E-state index in [0.717, 1.165) is 56.2 Å². The lowest BCUT2D eigenvalue weighted by molar-refractivity contribution is 0.0105. The van der Waals surface area contributed by atoms with Crippen LogP contribution in [0.5, 0.6) is 5.75 Å². The molecule has 1 fully saturated rings. The van der Waals surface area contributed by atoms with E-state index in [4.69, 9.17) is 9.15 Å². The van der Waals surface area contributed by atoms with Gasteiger partial charge in [0.1, 0.15) is 17.3 Å². The molecule has 1 atom stereocenters. The summed E-state index contributed by atoms with van der Waals surface area (Å²) in [6.45, 7) is 7.69. The Labute approximate surface area is 150 Å². The molecule has 1 aliphatic rings. The maximum absolute atomic E-state index is 10.1. The van der Waals surface area contributed by atoms with Crippen molar-refractivity contribution in [2.24, 2.45) is 5.41 Å². The first-order chi connectivity index (χ1) is 12.1. The molecule has 0 amide bonds. The van der Waals surface area contributed by atoms with Crippen LogP contribution in [0.4, 0.5) is 0 Å². The minimum Gasteiger partial charge on any atom is -0.494 e. The van der Waals surface area contributed by atoms with E-state index in [1.165, 1.54) is 5.56 Å². The van der Waals surface area contributed by atoms with Crippen LogP contribution in [-0.4, -0.2) is 36.3 Å². The Morgan fingerprint density at radius 1 is 1.24 bits per heavy atom. The first kappa shape index (κ1) is 18.0. The second-order valence-corrected chi connectivity index (χ2v) is 7.34. The van der Waals surface area contributed by atoms with Crippen molar-refractivity contribution in [3.63, 3.8) is 0 Å². The Hall–Kier alpha value is -1.78. The zero-order valence-corrected chi connectivity index (χ0v) is 15.3. The normalized spacial score (nSPS) is 21.4. The molecule has 2 aromatic rings. The van der Waals surface area contributed by atoms with Crippen LogP contribution in [0, 0.1) is 19.3 Å². The van der Waals surface area contributed by atoms with E-state index in [0.29, 0.717) is 6.61 Å². The van der Waals surface area contributed by atoms with Crippen molar-refractivity contribution in [1.29, 1.82) is 0 Å². The molecular weight excluding hydrogens is 314 g/mol. The number of nitrogens with zero attached hydrogens (tertiary/aromatic N) is 1. The quantitative estimate of drug-likeness (QED) is 0.827. The molecule has 1 aromatic carbocycles. The number of hydrogen-bond donors (Lipinski definition) is 1. The number of aliphatic hydroxyl groups excluding tert-OH is 1. The second-order valence-electron chi connectivity index (χ2n) is 7.34. The Kier molecular flexibility index (Phi) is 5.82. The molecular formula is C21H29NO3. The van der Waals surface area contributed by atoms with Crippen molar-refractivity contribution in [2.45, 2.75) is 39.7 Å². The molecule has 1 aliphatic heterocycles. The minimum absolute atomic E-state index is 0.0797. The highest BCUT2D eigenvalue weighted by atomic mass is 16.5. The van der Waals surface area contributed by atoms with E-state index < -0.39 is 0 Å². The third-order valence-corrected chi connectivity index (χ3v) is 5.32. The topological polar surface area (TPSA) is 45.8 Å². The summed E-state index contributed by atoms with van der Waals surface area (Å²) in [5.41, 5.74) is 1.13. The number of aryl methyl sites for hydroxylation is 2. The SMILES string of the molecule is Cc1cc(CN2CCCC(CO)(CCOc3ccccc3)C2)oc1C. The monoisotopic (exact) mass is 343 g/mol. The first-order valence-corrected chi connectivity index (χ1v) is 9.17. The van der Waals surface area contributed by atoms with Crippen LogP contribution in [0.1, 0.15) is 36.3 Å². The van der Waals surface area contributed by atoms with Gasteiger partial charge in [-0.3, -0.25) is 4.90 Å². The predicted molar refractivity (Wildman–Crippen MR) is 98.8 cm³/mol. The van der Waals surface area contributed by atoms with Gasteiger partial charge >= 0.3 is 0 Å². The van der Waals surface area contributed by atoms with Crippen LogP contribution < -0.4 is 4.74 Å². The van der Waals surface area contributed by atoms with Crippen LogP contribution in [0.25, 0.3) is 0 Å². The van der Waals surface area contributed by atoms with Crippen molar-refractivity contribution in [1.82, 2.24) is 4.90 Å². The van der Waals surface area contributed by atoms with Gasteiger partial charge in [-0.2, -0.15) is 0 Å². The molecule has 1 saturated heterocycles. The summed E-state index contributed by atoms with van der Waals surface area (Å²) in [6, 6.07) is 12.0. The molecule has 4 nitrogen and oxygen atoms in total. The third kappa shape index (κ3) is 4.65. The highest BCUT2D eigenvalue weighted by Gasteiger charge is 2.35. The molecule has 0 aliphatic carbocycles.